The number of hydrogen-bond acceptors (Lipinski definition) is 7. The van der Waals surface area contributed by atoms with Gasteiger partial charge in [0.1, 0.15) is 4.75 Å². The first-order chi connectivity index (χ1) is 13.9. The largest absolute Gasteiger partial charge is 0.339 e. The fourth-order valence-corrected chi connectivity index (χ4v) is 7.40. The van der Waals surface area contributed by atoms with Gasteiger partial charge in [-0.05, 0) is 25.5 Å². The molecule has 1 atom stereocenters. The summed E-state index contributed by atoms with van der Waals surface area (Å²) >= 11 is 1.42. The van der Waals surface area contributed by atoms with Crippen LogP contribution in [0.15, 0.2) is 47.0 Å². The van der Waals surface area contributed by atoms with E-state index < -0.39 is 20.5 Å². The van der Waals surface area contributed by atoms with E-state index in [-0.39, 0.29) is 24.7 Å². The molecule has 29 heavy (non-hydrogen) atoms. The maximum atomic E-state index is 12.9. The Balaban J connectivity index is 1.42. The average Bonchev–Trinajstić information content (AvgIpc) is 3.38. The van der Waals surface area contributed by atoms with Gasteiger partial charge in [0.25, 0.3) is 5.91 Å². The van der Waals surface area contributed by atoms with E-state index in [1.807, 2.05) is 43.3 Å². The highest BCUT2D eigenvalue weighted by atomic mass is 32.2. The average molecular weight is 430 g/mol. The molecule has 3 aromatic rings. The molecular weight excluding hydrogens is 410 g/mol. The van der Waals surface area contributed by atoms with Gasteiger partial charge < -0.3 is 9.42 Å². The molecule has 150 valence electrons. The first-order valence-corrected chi connectivity index (χ1v) is 11.8. The number of likely N-dealkylation sites (tertiary alicyclic amines) is 1. The standard InChI is InChI=1S/C20H19N3O4S2/c1-13-7-8-16(28-13)19(24)23-11-20(12-23)15(9-10-29(20,25)26)18-21-17(22-27-18)14-5-3-2-4-6-14/h2-8,15H,9-12H2,1H3. The van der Waals surface area contributed by atoms with E-state index in [9.17, 15) is 13.2 Å². The van der Waals surface area contributed by atoms with Crippen LogP contribution >= 0.6 is 11.3 Å². The van der Waals surface area contributed by atoms with Gasteiger partial charge in [0.15, 0.2) is 9.84 Å². The minimum absolute atomic E-state index is 0.0703. The molecule has 0 N–H and O–H groups in total. The van der Waals surface area contributed by atoms with Gasteiger partial charge in [0.05, 0.1) is 16.5 Å². The third-order valence-electron chi connectivity index (χ3n) is 5.86. The van der Waals surface area contributed by atoms with Crippen LogP contribution in [-0.4, -0.2) is 53.0 Å². The molecule has 2 aliphatic heterocycles. The molecule has 5 rings (SSSR count). The maximum Gasteiger partial charge on any atom is 0.264 e. The lowest BCUT2D eigenvalue weighted by Crippen LogP contribution is -2.67. The Morgan fingerprint density at radius 1 is 1.21 bits per heavy atom. The number of rotatable bonds is 3. The second-order valence-corrected chi connectivity index (χ2v) is 11.4. The van der Waals surface area contributed by atoms with Crippen molar-refractivity contribution in [2.45, 2.75) is 24.0 Å². The van der Waals surface area contributed by atoms with Gasteiger partial charge in [0, 0.05) is 23.5 Å². The molecule has 1 aromatic carbocycles. The summed E-state index contributed by atoms with van der Waals surface area (Å²) in [6, 6.07) is 13.1. The molecule has 4 heterocycles. The van der Waals surface area contributed by atoms with Crippen molar-refractivity contribution < 1.29 is 17.7 Å². The van der Waals surface area contributed by atoms with Crippen LogP contribution in [0, 0.1) is 6.92 Å². The van der Waals surface area contributed by atoms with Crippen LogP contribution in [0.25, 0.3) is 11.4 Å². The van der Waals surface area contributed by atoms with Crippen LogP contribution in [0.1, 0.15) is 32.8 Å². The monoisotopic (exact) mass is 429 g/mol. The van der Waals surface area contributed by atoms with E-state index >= 15 is 0 Å². The first kappa shape index (κ1) is 18.5. The van der Waals surface area contributed by atoms with Gasteiger partial charge in [-0.3, -0.25) is 4.79 Å². The summed E-state index contributed by atoms with van der Waals surface area (Å²) in [4.78, 5) is 20.5. The van der Waals surface area contributed by atoms with Gasteiger partial charge in [-0.15, -0.1) is 11.3 Å². The molecular formula is C20H19N3O4S2. The van der Waals surface area contributed by atoms with E-state index in [0.29, 0.717) is 23.0 Å². The molecule has 2 saturated heterocycles. The summed E-state index contributed by atoms with van der Waals surface area (Å²) in [6.45, 7) is 2.27. The molecule has 7 nitrogen and oxygen atoms in total. The van der Waals surface area contributed by atoms with Gasteiger partial charge in [-0.2, -0.15) is 4.98 Å². The molecule has 0 saturated carbocycles. The molecule has 2 fully saturated rings. The molecule has 0 aliphatic carbocycles. The van der Waals surface area contributed by atoms with Crippen molar-refractivity contribution >= 4 is 27.1 Å². The van der Waals surface area contributed by atoms with Gasteiger partial charge >= 0.3 is 0 Å². The second-order valence-electron chi connectivity index (χ2n) is 7.62. The van der Waals surface area contributed by atoms with Crippen molar-refractivity contribution in [3.63, 3.8) is 0 Å². The first-order valence-electron chi connectivity index (χ1n) is 9.37. The molecule has 2 aromatic heterocycles. The number of aryl methyl sites for hydroxylation is 1. The molecule has 0 radical (unpaired) electrons. The Hall–Kier alpha value is -2.52. The summed E-state index contributed by atoms with van der Waals surface area (Å²) < 4.78 is 30.3. The molecule has 1 amide bonds. The van der Waals surface area contributed by atoms with Crippen LogP contribution in [0.4, 0.5) is 0 Å². The SMILES string of the molecule is Cc1ccc(C(=O)N2CC3(C2)C(c2nc(-c4ccccc4)no2)CCS3(=O)=O)s1. The number of amides is 1. The van der Waals surface area contributed by atoms with Crippen molar-refractivity contribution in [3.05, 3.63) is 58.1 Å². The third kappa shape index (κ3) is 2.83. The van der Waals surface area contributed by atoms with Gasteiger partial charge in [-0.25, -0.2) is 8.42 Å². The lowest BCUT2D eigenvalue weighted by molar-refractivity contribution is 0.0509. The fraction of sp³-hybridized carbons (Fsp3) is 0.350. The Morgan fingerprint density at radius 3 is 2.66 bits per heavy atom. The van der Waals surface area contributed by atoms with Crippen molar-refractivity contribution in [1.82, 2.24) is 15.0 Å². The zero-order chi connectivity index (χ0) is 20.2. The van der Waals surface area contributed by atoms with Gasteiger partial charge in [-0.1, -0.05) is 35.5 Å². The Bertz CT molecular complexity index is 1180. The molecule has 9 heteroatoms. The number of carbonyl (C=O) groups is 1. The molecule has 1 spiro atoms. The van der Waals surface area contributed by atoms with Crippen molar-refractivity contribution in [3.8, 4) is 11.4 Å². The van der Waals surface area contributed by atoms with Crippen LogP contribution in [0.2, 0.25) is 0 Å². The van der Waals surface area contributed by atoms with Crippen molar-refractivity contribution in [2.75, 3.05) is 18.8 Å². The number of thiophene rings is 1. The van der Waals surface area contributed by atoms with Crippen LogP contribution in [0.5, 0.6) is 0 Å². The molecule has 0 bridgehead atoms. The smallest absolute Gasteiger partial charge is 0.264 e. The summed E-state index contributed by atoms with van der Waals surface area (Å²) in [5.41, 5.74) is 0.816. The number of carbonyl (C=O) groups excluding carboxylic acids is 1. The minimum atomic E-state index is -3.36. The fourth-order valence-electron chi connectivity index (χ4n) is 4.25. The summed E-state index contributed by atoms with van der Waals surface area (Å²) in [7, 11) is -3.36. The highest BCUT2D eigenvalue weighted by molar-refractivity contribution is 7.93. The lowest BCUT2D eigenvalue weighted by Gasteiger charge is -2.48. The Morgan fingerprint density at radius 2 is 1.97 bits per heavy atom. The Kier molecular flexibility index (Phi) is 4.15. The maximum absolute atomic E-state index is 12.9. The number of hydrogen-bond donors (Lipinski definition) is 0. The molecule has 2 aliphatic rings. The summed E-state index contributed by atoms with van der Waals surface area (Å²) in [5, 5.41) is 4.05. The quantitative estimate of drug-likeness (QED) is 0.636. The van der Waals surface area contributed by atoms with Crippen LogP contribution in [-0.2, 0) is 9.84 Å². The predicted octanol–water partition coefficient (Wildman–Crippen LogP) is 2.90. The molecule has 1 unspecified atom stereocenters. The summed E-state index contributed by atoms with van der Waals surface area (Å²) in [6.07, 6.45) is 0.429. The topological polar surface area (TPSA) is 93.4 Å². The van der Waals surface area contributed by atoms with E-state index in [1.54, 1.807) is 11.0 Å². The zero-order valence-electron chi connectivity index (χ0n) is 15.7. The third-order valence-corrected chi connectivity index (χ3v) is 9.40. The van der Waals surface area contributed by atoms with E-state index in [4.69, 9.17) is 4.52 Å². The Labute approximate surface area is 172 Å². The number of benzene rings is 1. The highest BCUT2D eigenvalue weighted by Crippen LogP contribution is 2.50. The van der Waals surface area contributed by atoms with Crippen LogP contribution < -0.4 is 0 Å². The summed E-state index contributed by atoms with van der Waals surface area (Å²) in [5.74, 6) is 0.336. The number of aromatic nitrogens is 2. The number of nitrogens with zero attached hydrogens (tertiary/aromatic N) is 3. The predicted molar refractivity (Wildman–Crippen MR) is 109 cm³/mol. The second kappa shape index (κ2) is 6.50. The minimum Gasteiger partial charge on any atom is -0.339 e. The number of sulfone groups is 1. The normalized spacial score (nSPS) is 22.0. The van der Waals surface area contributed by atoms with Crippen molar-refractivity contribution in [2.24, 2.45) is 0 Å². The van der Waals surface area contributed by atoms with Crippen molar-refractivity contribution in [1.29, 1.82) is 0 Å². The van der Waals surface area contributed by atoms with E-state index in [1.165, 1.54) is 11.3 Å². The van der Waals surface area contributed by atoms with E-state index in [2.05, 4.69) is 10.1 Å². The van der Waals surface area contributed by atoms with Gasteiger partial charge in [0.2, 0.25) is 11.7 Å². The van der Waals surface area contributed by atoms with Crippen LogP contribution in [0.3, 0.4) is 0 Å². The lowest BCUT2D eigenvalue weighted by atomic mass is 9.83. The van der Waals surface area contributed by atoms with E-state index in [0.717, 1.165) is 10.4 Å². The zero-order valence-corrected chi connectivity index (χ0v) is 17.4. The highest BCUT2D eigenvalue weighted by Gasteiger charge is 2.64.